The first-order chi connectivity index (χ1) is 7.25. The van der Waals surface area contributed by atoms with Crippen LogP contribution in [0.5, 0.6) is 0 Å². The lowest BCUT2D eigenvalue weighted by molar-refractivity contribution is -0.384. The van der Waals surface area contributed by atoms with Gasteiger partial charge in [0.15, 0.2) is 0 Å². The summed E-state index contributed by atoms with van der Waals surface area (Å²) in [6.07, 6.45) is 2.14. The number of nitro benzene ring substituents is 1. The molecule has 1 aromatic carbocycles. The van der Waals surface area contributed by atoms with Gasteiger partial charge in [-0.15, -0.1) is 0 Å². The van der Waals surface area contributed by atoms with Gasteiger partial charge in [-0.3, -0.25) is 10.1 Å². The fraction of sp³-hybridized carbons (Fsp3) is 0.111. The molecule has 0 fully saturated rings. The summed E-state index contributed by atoms with van der Waals surface area (Å²) in [5, 5.41) is 20.6. The molecule has 0 atom stereocenters. The maximum Gasteiger partial charge on any atom is 0.269 e. The lowest BCUT2D eigenvalue weighted by Gasteiger charge is -1.97. The Morgan fingerprint density at radius 1 is 1.47 bits per heavy atom. The standard InChI is InChI=1S/C9H8N4O2/c14-13(15)9-3-1-2-7(5-9)4-8-6-10-12-11-8/h1-3,5-6H,4H2,(H,10,11,12). The van der Waals surface area contributed by atoms with Crippen molar-refractivity contribution >= 4 is 5.69 Å². The highest BCUT2D eigenvalue weighted by molar-refractivity contribution is 5.35. The highest BCUT2D eigenvalue weighted by Gasteiger charge is 2.06. The van der Waals surface area contributed by atoms with Gasteiger partial charge in [-0.05, 0) is 5.56 Å². The molecule has 0 amide bonds. The smallest absolute Gasteiger partial charge is 0.258 e. The van der Waals surface area contributed by atoms with Crippen molar-refractivity contribution in [2.45, 2.75) is 6.42 Å². The summed E-state index contributed by atoms with van der Waals surface area (Å²) in [6, 6.07) is 6.48. The first-order valence-electron chi connectivity index (χ1n) is 4.33. The van der Waals surface area contributed by atoms with Crippen LogP contribution in [0.1, 0.15) is 11.3 Å². The molecular formula is C9H8N4O2. The molecule has 15 heavy (non-hydrogen) atoms. The van der Waals surface area contributed by atoms with Gasteiger partial charge in [-0.1, -0.05) is 12.1 Å². The van der Waals surface area contributed by atoms with Gasteiger partial charge in [0, 0.05) is 18.6 Å². The van der Waals surface area contributed by atoms with Gasteiger partial charge in [0.1, 0.15) is 0 Å². The van der Waals surface area contributed by atoms with E-state index in [2.05, 4.69) is 15.4 Å². The summed E-state index contributed by atoms with van der Waals surface area (Å²) < 4.78 is 0. The Kier molecular flexibility index (Phi) is 2.40. The van der Waals surface area contributed by atoms with E-state index in [4.69, 9.17) is 0 Å². The molecule has 0 saturated heterocycles. The number of rotatable bonds is 3. The first kappa shape index (κ1) is 9.32. The van der Waals surface area contributed by atoms with Gasteiger partial charge in [0.05, 0.1) is 16.8 Å². The van der Waals surface area contributed by atoms with E-state index in [0.717, 1.165) is 11.3 Å². The molecule has 76 valence electrons. The Morgan fingerprint density at radius 3 is 3.00 bits per heavy atom. The summed E-state index contributed by atoms with van der Waals surface area (Å²) in [5.74, 6) is 0. The summed E-state index contributed by atoms with van der Waals surface area (Å²) in [7, 11) is 0. The van der Waals surface area contributed by atoms with Crippen molar-refractivity contribution in [2.75, 3.05) is 0 Å². The van der Waals surface area contributed by atoms with Crippen molar-refractivity contribution in [3.8, 4) is 0 Å². The molecule has 0 bridgehead atoms. The SMILES string of the molecule is O=[N+]([O-])c1cccc(Cc2cn[nH]n2)c1. The third-order valence-electron chi connectivity index (χ3n) is 1.97. The molecule has 1 N–H and O–H groups in total. The largest absolute Gasteiger partial charge is 0.269 e. The van der Waals surface area contributed by atoms with Crippen molar-refractivity contribution < 1.29 is 4.92 Å². The van der Waals surface area contributed by atoms with Gasteiger partial charge in [0.25, 0.3) is 5.69 Å². The van der Waals surface area contributed by atoms with Crippen molar-refractivity contribution in [2.24, 2.45) is 0 Å². The number of non-ortho nitro benzene ring substituents is 1. The number of aromatic nitrogens is 3. The van der Waals surface area contributed by atoms with E-state index in [9.17, 15) is 10.1 Å². The average Bonchev–Trinajstić information content (AvgIpc) is 2.71. The fourth-order valence-electron chi connectivity index (χ4n) is 1.30. The van der Waals surface area contributed by atoms with Crippen LogP contribution in [0.15, 0.2) is 30.5 Å². The van der Waals surface area contributed by atoms with Crippen LogP contribution in [0.2, 0.25) is 0 Å². The third-order valence-corrected chi connectivity index (χ3v) is 1.97. The Hall–Kier alpha value is -2.24. The highest BCUT2D eigenvalue weighted by Crippen LogP contribution is 2.14. The Balaban J connectivity index is 2.22. The van der Waals surface area contributed by atoms with E-state index in [1.165, 1.54) is 12.1 Å². The topological polar surface area (TPSA) is 84.7 Å². The molecule has 0 aliphatic carbocycles. The summed E-state index contributed by atoms with van der Waals surface area (Å²) in [5.41, 5.74) is 1.70. The maximum atomic E-state index is 10.5. The molecule has 0 spiro atoms. The van der Waals surface area contributed by atoms with E-state index in [-0.39, 0.29) is 5.69 Å². The molecular weight excluding hydrogens is 196 g/mol. The van der Waals surface area contributed by atoms with Gasteiger partial charge < -0.3 is 0 Å². The minimum Gasteiger partial charge on any atom is -0.258 e. The van der Waals surface area contributed by atoms with Crippen LogP contribution < -0.4 is 0 Å². The van der Waals surface area contributed by atoms with E-state index >= 15 is 0 Å². The molecule has 6 heteroatoms. The molecule has 0 aliphatic heterocycles. The number of hydrogen-bond donors (Lipinski definition) is 1. The summed E-state index contributed by atoms with van der Waals surface area (Å²) in [4.78, 5) is 10.1. The molecule has 1 aromatic heterocycles. The first-order valence-corrected chi connectivity index (χ1v) is 4.33. The second-order valence-corrected chi connectivity index (χ2v) is 3.07. The van der Waals surface area contributed by atoms with E-state index in [0.29, 0.717) is 6.42 Å². The van der Waals surface area contributed by atoms with Gasteiger partial charge >= 0.3 is 0 Å². The maximum absolute atomic E-state index is 10.5. The molecule has 6 nitrogen and oxygen atoms in total. The van der Waals surface area contributed by atoms with Crippen LogP contribution in [0.4, 0.5) is 5.69 Å². The molecule has 0 radical (unpaired) electrons. The van der Waals surface area contributed by atoms with Crippen molar-refractivity contribution in [1.82, 2.24) is 15.4 Å². The Morgan fingerprint density at radius 2 is 2.33 bits per heavy atom. The van der Waals surface area contributed by atoms with Gasteiger partial charge in [0.2, 0.25) is 0 Å². The fourth-order valence-corrected chi connectivity index (χ4v) is 1.30. The monoisotopic (exact) mass is 204 g/mol. The van der Waals surface area contributed by atoms with Crippen molar-refractivity contribution in [3.63, 3.8) is 0 Å². The minimum atomic E-state index is -0.410. The number of H-pyrrole nitrogens is 1. The Labute approximate surface area is 85.1 Å². The number of nitrogens with one attached hydrogen (secondary N) is 1. The zero-order valence-electron chi connectivity index (χ0n) is 7.75. The van der Waals surface area contributed by atoms with Crippen LogP contribution in [0.25, 0.3) is 0 Å². The van der Waals surface area contributed by atoms with Crippen molar-refractivity contribution in [3.05, 3.63) is 51.8 Å². The van der Waals surface area contributed by atoms with Crippen LogP contribution in [-0.4, -0.2) is 20.3 Å². The number of hydrogen-bond acceptors (Lipinski definition) is 4. The van der Waals surface area contributed by atoms with Crippen LogP contribution >= 0.6 is 0 Å². The quantitative estimate of drug-likeness (QED) is 0.603. The van der Waals surface area contributed by atoms with Crippen LogP contribution in [0.3, 0.4) is 0 Å². The normalized spacial score (nSPS) is 10.1. The second-order valence-electron chi connectivity index (χ2n) is 3.07. The molecule has 2 aromatic rings. The number of aromatic amines is 1. The number of nitro groups is 1. The van der Waals surface area contributed by atoms with Crippen molar-refractivity contribution in [1.29, 1.82) is 0 Å². The Bertz CT molecular complexity index is 467. The zero-order chi connectivity index (χ0) is 10.7. The average molecular weight is 204 g/mol. The minimum absolute atomic E-state index is 0.0935. The predicted octanol–water partition coefficient (Wildman–Crippen LogP) is 1.30. The van der Waals surface area contributed by atoms with E-state index < -0.39 is 4.92 Å². The second kappa shape index (κ2) is 3.87. The van der Waals surface area contributed by atoms with E-state index in [1.54, 1.807) is 12.3 Å². The zero-order valence-corrected chi connectivity index (χ0v) is 7.75. The van der Waals surface area contributed by atoms with Gasteiger partial charge in [-0.25, -0.2) is 0 Å². The van der Waals surface area contributed by atoms with Crippen LogP contribution in [-0.2, 0) is 6.42 Å². The van der Waals surface area contributed by atoms with Crippen LogP contribution in [0, 0.1) is 10.1 Å². The lowest BCUT2D eigenvalue weighted by Crippen LogP contribution is -1.92. The highest BCUT2D eigenvalue weighted by atomic mass is 16.6. The molecule has 0 saturated carbocycles. The number of nitrogens with zero attached hydrogens (tertiary/aromatic N) is 3. The molecule has 1 heterocycles. The molecule has 0 aliphatic rings. The summed E-state index contributed by atoms with van der Waals surface area (Å²) in [6.45, 7) is 0. The lowest BCUT2D eigenvalue weighted by atomic mass is 10.1. The summed E-state index contributed by atoms with van der Waals surface area (Å²) >= 11 is 0. The molecule has 0 unspecified atom stereocenters. The molecule has 2 rings (SSSR count). The number of benzene rings is 1. The van der Waals surface area contributed by atoms with E-state index in [1.807, 2.05) is 6.07 Å². The predicted molar refractivity (Wildman–Crippen MR) is 52.3 cm³/mol. The third kappa shape index (κ3) is 2.16. The van der Waals surface area contributed by atoms with Gasteiger partial charge in [-0.2, -0.15) is 15.4 Å².